The summed E-state index contributed by atoms with van der Waals surface area (Å²) in [6.07, 6.45) is 4.73. The summed E-state index contributed by atoms with van der Waals surface area (Å²) in [4.78, 5) is 14.7. The molecule has 162 valence electrons. The second kappa shape index (κ2) is 10.3. The predicted octanol–water partition coefficient (Wildman–Crippen LogP) is 3.10. The van der Waals surface area contributed by atoms with Crippen LogP contribution in [-0.2, 0) is 22.6 Å². The van der Waals surface area contributed by atoms with Gasteiger partial charge in [-0.1, -0.05) is 49.0 Å². The molecule has 3 heterocycles. The molecule has 7 nitrogen and oxygen atoms in total. The Kier molecular flexibility index (Phi) is 7.28. The highest BCUT2D eigenvalue weighted by Crippen LogP contribution is 2.28. The number of nitrogens with zero attached hydrogens (tertiary/aromatic N) is 4. The third kappa shape index (κ3) is 5.55. The molecule has 2 aliphatic heterocycles. The SMILES string of the molecule is CC1CCN(c2nnc(SCC(=O)NCc3ccccc3)n2CC2CCCO2)CC1. The Bertz CT molecular complexity index is 814. The number of nitrogens with one attached hydrogen (secondary N) is 1. The van der Waals surface area contributed by atoms with Crippen LogP contribution in [0.2, 0.25) is 0 Å². The third-order valence-corrected chi connectivity index (χ3v) is 6.81. The molecule has 0 radical (unpaired) electrons. The van der Waals surface area contributed by atoms with Crippen molar-refractivity contribution >= 4 is 23.6 Å². The lowest BCUT2D eigenvalue weighted by atomic mass is 10.00. The van der Waals surface area contributed by atoms with E-state index in [1.54, 1.807) is 0 Å². The Morgan fingerprint density at radius 3 is 2.73 bits per heavy atom. The molecule has 8 heteroatoms. The number of ether oxygens (including phenoxy) is 1. The Morgan fingerprint density at radius 2 is 2.00 bits per heavy atom. The van der Waals surface area contributed by atoms with Crippen LogP contribution in [0.4, 0.5) is 5.95 Å². The van der Waals surface area contributed by atoms with Crippen LogP contribution in [0, 0.1) is 5.92 Å². The van der Waals surface area contributed by atoms with Crippen LogP contribution in [0.3, 0.4) is 0 Å². The molecular formula is C22H31N5O2S. The highest BCUT2D eigenvalue weighted by molar-refractivity contribution is 7.99. The summed E-state index contributed by atoms with van der Waals surface area (Å²) in [7, 11) is 0. The van der Waals surface area contributed by atoms with Crippen molar-refractivity contribution in [3.8, 4) is 0 Å². The molecule has 0 aliphatic carbocycles. The molecule has 1 aromatic carbocycles. The maximum Gasteiger partial charge on any atom is 0.230 e. The molecular weight excluding hydrogens is 398 g/mol. The van der Waals surface area contributed by atoms with Crippen LogP contribution in [-0.4, -0.2) is 52.2 Å². The molecule has 4 rings (SSSR count). The Balaban J connectivity index is 1.39. The molecule has 2 aromatic rings. The van der Waals surface area contributed by atoms with Crippen LogP contribution in [0.25, 0.3) is 0 Å². The van der Waals surface area contributed by atoms with Gasteiger partial charge in [-0.25, -0.2) is 0 Å². The van der Waals surface area contributed by atoms with E-state index in [-0.39, 0.29) is 12.0 Å². The molecule has 1 unspecified atom stereocenters. The summed E-state index contributed by atoms with van der Waals surface area (Å²) in [6, 6.07) is 9.96. The zero-order valence-corrected chi connectivity index (χ0v) is 18.4. The van der Waals surface area contributed by atoms with Gasteiger partial charge in [-0.05, 0) is 37.2 Å². The van der Waals surface area contributed by atoms with Gasteiger partial charge in [0.25, 0.3) is 0 Å². The van der Waals surface area contributed by atoms with Crippen LogP contribution in [0.5, 0.6) is 0 Å². The zero-order valence-electron chi connectivity index (χ0n) is 17.6. The summed E-state index contributed by atoms with van der Waals surface area (Å²) < 4.78 is 8.04. The predicted molar refractivity (Wildman–Crippen MR) is 119 cm³/mol. The zero-order chi connectivity index (χ0) is 20.8. The molecule has 0 saturated carbocycles. The maximum absolute atomic E-state index is 12.4. The first kappa shape index (κ1) is 21.2. The first-order valence-corrected chi connectivity index (χ1v) is 11.9. The summed E-state index contributed by atoms with van der Waals surface area (Å²) in [5, 5.41) is 12.7. The van der Waals surface area contributed by atoms with Crippen LogP contribution < -0.4 is 10.2 Å². The van der Waals surface area contributed by atoms with Crippen molar-refractivity contribution in [1.82, 2.24) is 20.1 Å². The van der Waals surface area contributed by atoms with Gasteiger partial charge in [0.15, 0.2) is 5.16 Å². The van der Waals surface area contributed by atoms with Gasteiger partial charge in [0.05, 0.1) is 18.4 Å². The lowest BCUT2D eigenvalue weighted by molar-refractivity contribution is -0.118. The lowest BCUT2D eigenvalue weighted by Gasteiger charge is -2.31. The van der Waals surface area contributed by atoms with E-state index in [0.29, 0.717) is 12.3 Å². The minimum atomic E-state index is 0.00358. The number of benzene rings is 1. The summed E-state index contributed by atoms with van der Waals surface area (Å²) in [5.41, 5.74) is 1.10. The van der Waals surface area contributed by atoms with E-state index in [1.165, 1.54) is 24.6 Å². The number of thioether (sulfide) groups is 1. The fourth-order valence-corrected chi connectivity index (χ4v) is 4.73. The topological polar surface area (TPSA) is 72.3 Å². The van der Waals surface area contributed by atoms with Crippen molar-refractivity contribution in [3.63, 3.8) is 0 Å². The smallest absolute Gasteiger partial charge is 0.230 e. The highest BCUT2D eigenvalue weighted by atomic mass is 32.2. The van der Waals surface area contributed by atoms with Crippen molar-refractivity contribution < 1.29 is 9.53 Å². The van der Waals surface area contributed by atoms with Gasteiger partial charge in [-0.15, -0.1) is 10.2 Å². The van der Waals surface area contributed by atoms with E-state index in [0.717, 1.165) is 61.7 Å². The monoisotopic (exact) mass is 429 g/mol. The highest BCUT2D eigenvalue weighted by Gasteiger charge is 2.26. The van der Waals surface area contributed by atoms with Crippen LogP contribution in [0.1, 0.15) is 38.2 Å². The van der Waals surface area contributed by atoms with Crippen LogP contribution in [0.15, 0.2) is 35.5 Å². The molecule has 2 saturated heterocycles. The largest absolute Gasteiger partial charge is 0.376 e. The van der Waals surface area contributed by atoms with Crippen molar-refractivity contribution in [2.75, 3.05) is 30.3 Å². The average Bonchev–Trinajstić information content (AvgIpc) is 3.43. The first-order valence-electron chi connectivity index (χ1n) is 10.9. The number of carbonyl (C=O) groups excluding carboxylic acids is 1. The number of piperidine rings is 1. The first-order chi connectivity index (χ1) is 14.7. The third-order valence-electron chi connectivity index (χ3n) is 5.84. The molecule has 0 spiro atoms. The van der Waals surface area contributed by atoms with Crippen molar-refractivity contribution in [2.24, 2.45) is 5.92 Å². The Labute approximate surface area is 182 Å². The van der Waals surface area contributed by atoms with Gasteiger partial charge in [-0.3, -0.25) is 9.36 Å². The molecule has 1 N–H and O–H groups in total. The summed E-state index contributed by atoms with van der Waals surface area (Å²) >= 11 is 1.45. The molecule has 1 atom stereocenters. The summed E-state index contributed by atoms with van der Waals surface area (Å²) in [6.45, 7) is 6.44. The van der Waals surface area contributed by atoms with Crippen molar-refractivity contribution in [2.45, 2.75) is 57.0 Å². The van der Waals surface area contributed by atoms with E-state index in [4.69, 9.17) is 4.74 Å². The lowest BCUT2D eigenvalue weighted by Crippen LogP contribution is -2.35. The van der Waals surface area contributed by atoms with Gasteiger partial charge < -0.3 is 15.0 Å². The fourth-order valence-electron chi connectivity index (χ4n) is 3.96. The Hall–Kier alpha value is -2.06. The van der Waals surface area contributed by atoms with Gasteiger partial charge in [0, 0.05) is 26.2 Å². The van der Waals surface area contributed by atoms with Gasteiger partial charge in [-0.2, -0.15) is 0 Å². The number of carbonyl (C=O) groups is 1. The van der Waals surface area contributed by atoms with E-state index < -0.39 is 0 Å². The van der Waals surface area contributed by atoms with Gasteiger partial charge >= 0.3 is 0 Å². The molecule has 2 fully saturated rings. The van der Waals surface area contributed by atoms with Crippen molar-refractivity contribution in [3.05, 3.63) is 35.9 Å². The number of hydrogen-bond acceptors (Lipinski definition) is 6. The molecule has 1 aromatic heterocycles. The van der Waals surface area contributed by atoms with E-state index in [9.17, 15) is 4.79 Å². The number of hydrogen-bond donors (Lipinski definition) is 1. The second-order valence-electron chi connectivity index (χ2n) is 8.25. The van der Waals surface area contributed by atoms with Crippen LogP contribution >= 0.6 is 11.8 Å². The van der Waals surface area contributed by atoms with Gasteiger partial charge in [0.1, 0.15) is 0 Å². The fraction of sp³-hybridized carbons (Fsp3) is 0.591. The standard InChI is InChI=1S/C22H31N5O2S/c1-17-9-11-26(12-10-17)21-24-25-22(27(21)15-19-8-5-13-29-19)30-16-20(28)23-14-18-6-3-2-4-7-18/h2-4,6-7,17,19H,5,8-16H2,1H3,(H,23,28). The normalized spacial score (nSPS) is 19.9. The molecule has 0 bridgehead atoms. The maximum atomic E-state index is 12.4. The van der Waals surface area contributed by atoms with E-state index in [2.05, 4.69) is 31.9 Å². The Morgan fingerprint density at radius 1 is 1.20 bits per heavy atom. The number of aromatic nitrogens is 3. The minimum absolute atomic E-state index is 0.00358. The molecule has 30 heavy (non-hydrogen) atoms. The van der Waals surface area contributed by atoms with E-state index in [1.807, 2.05) is 30.3 Å². The second-order valence-corrected chi connectivity index (χ2v) is 9.19. The minimum Gasteiger partial charge on any atom is -0.376 e. The molecule has 2 aliphatic rings. The summed E-state index contributed by atoms with van der Waals surface area (Å²) in [5.74, 6) is 2.01. The van der Waals surface area contributed by atoms with Gasteiger partial charge in [0.2, 0.25) is 11.9 Å². The van der Waals surface area contributed by atoms with E-state index >= 15 is 0 Å². The number of anilines is 1. The quantitative estimate of drug-likeness (QED) is 0.650. The number of rotatable bonds is 8. The average molecular weight is 430 g/mol. The molecule has 1 amide bonds. The number of amides is 1. The van der Waals surface area contributed by atoms with Crippen molar-refractivity contribution in [1.29, 1.82) is 0 Å².